The van der Waals surface area contributed by atoms with Crippen molar-refractivity contribution in [1.29, 1.82) is 0 Å². The zero-order valence-corrected chi connectivity index (χ0v) is 17.6. The second-order valence-electron chi connectivity index (χ2n) is 7.89. The van der Waals surface area contributed by atoms with Crippen LogP contribution in [0.3, 0.4) is 0 Å². The highest BCUT2D eigenvalue weighted by Gasteiger charge is 2.24. The van der Waals surface area contributed by atoms with Crippen LogP contribution in [-0.4, -0.2) is 35.4 Å². The van der Waals surface area contributed by atoms with E-state index in [0.29, 0.717) is 28.5 Å². The van der Waals surface area contributed by atoms with E-state index in [1.54, 1.807) is 30.3 Å². The number of rotatable bonds is 8. The van der Waals surface area contributed by atoms with Crippen LogP contribution < -0.4 is 10.1 Å². The summed E-state index contributed by atoms with van der Waals surface area (Å²) in [6.45, 7) is 1.52. The summed E-state index contributed by atoms with van der Waals surface area (Å²) in [5, 5.41) is 11.7. The van der Waals surface area contributed by atoms with Gasteiger partial charge >= 0.3 is 5.97 Å². The SMILES string of the molecule is Cc1ccc(C(=O)NC2CC2)cc1-c1ccc(C(=O)c2cccc(OCC(=O)O)c2)cc1. The Kier molecular flexibility index (Phi) is 6.03. The summed E-state index contributed by atoms with van der Waals surface area (Å²) in [4.78, 5) is 36.0. The van der Waals surface area contributed by atoms with Gasteiger partial charge in [-0.25, -0.2) is 4.79 Å². The van der Waals surface area contributed by atoms with Crippen LogP contribution in [0.2, 0.25) is 0 Å². The van der Waals surface area contributed by atoms with E-state index in [1.165, 1.54) is 6.07 Å². The Balaban J connectivity index is 1.53. The van der Waals surface area contributed by atoms with Crippen molar-refractivity contribution in [3.05, 3.63) is 89.0 Å². The lowest BCUT2D eigenvalue weighted by Gasteiger charge is -2.11. The topological polar surface area (TPSA) is 92.7 Å². The van der Waals surface area contributed by atoms with E-state index < -0.39 is 12.6 Å². The highest BCUT2D eigenvalue weighted by molar-refractivity contribution is 6.09. The first-order valence-corrected chi connectivity index (χ1v) is 10.4. The number of nitrogens with one attached hydrogen (secondary N) is 1. The minimum atomic E-state index is -1.08. The van der Waals surface area contributed by atoms with Gasteiger partial charge < -0.3 is 15.2 Å². The predicted molar refractivity (Wildman–Crippen MR) is 120 cm³/mol. The van der Waals surface area contributed by atoms with Gasteiger partial charge in [-0.05, 0) is 60.7 Å². The van der Waals surface area contributed by atoms with Gasteiger partial charge in [-0.2, -0.15) is 0 Å². The summed E-state index contributed by atoms with van der Waals surface area (Å²) in [7, 11) is 0. The van der Waals surface area contributed by atoms with Crippen molar-refractivity contribution in [3.63, 3.8) is 0 Å². The molecule has 1 amide bonds. The lowest BCUT2D eigenvalue weighted by molar-refractivity contribution is -0.139. The van der Waals surface area contributed by atoms with Crippen LogP contribution in [0.4, 0.5) is 0 Å². The van der Waals surface area contributed by atoms with Crippen LogP contribution in [0, 0.1) is 6.92 Å². The van der Waals surface area contributed by atoms with Crippen LogP contribution in [0.15, 0.2) is 66.7 Å². The number of ketones is 1. The molecule has 0 aliphatic heterocycles. The molecule has 0 atom stereocenters. The van der Waals surface area contributed by atoms with E-state index in [1.807, 2.05) is 37.3 Å². The van der Waals surface area contributed by atoms with Gasteiger partial charge in [0.25, 0.3) is 5.91 Å². The van der Waals surface area contributed by atoms with Crippen molar-refractivity contribution in [2.75, 3.05) is 6.61 Å². The molecule has 4 rings (SSSR count). The van der Waals surface area contributed by atoms with E-state index >= 15 is 0 Å². The molecule has 1 saturated carbocycles. The van der Waals surface area contributed by atoms with E-state index in [9.17, 15) is 14.4 Å². The third kappa shape index (κ3) is 5.03. The largest absolute Gasteiger partial charge is 0.482 e. The van der Waals surface area contributed by atoms with E-state index in [0.717, 1.165) is 29.5 Å². The second kappa shape index (κ2) is 9.06. The number of aryl methyl sites for hydroxylation is 1. The summed E-state index contributed by atoms with van der Waals surface area (Å²) >= 11 is 0. The molecule has 0 bridgehead atoms. The number of carboxylic acid groups (broad SMARTS) is 1. The number of carbonyl (C=O) groups is 3. The van der Waals surface area contributed by atoms with Gasteiger partial charge in [-0.3, -0.25) is 9.59 Å². The number of hydrogen-bond donors (Lipinski definition) is 2. The molecule has 0 aromatic heterocycles. The molecule has 0 heterocycles. The van der Waals surface area contributed by atoms with Gasteiger partial charge in [0.2, 0.25) is 0 Å². The smallest absolute Gasteiger partial charge is 0.341 e. The highest BCUT2D eigenvalue weighted by Crippen LogP contribution is 2.27. The van der Waals surface area contributed by atoms with Gasteiger partial charge in [0.15, 0.2) is 12.4 Å². The number of ether oxygens (including phenoxy) is 1. The monoisotopic (exact) mass is 429 g/mol. The van der Waals surface area contributed by atoms with Gasteiger partial charge in [-0.15, -0.1) is 0 Å². The Labute approximate surface area is 185 Å². The van der Waals surface area contributed by atoms with Crippen molar-refractivity contribution in [3.8, 4) is 16.9 Å². The first kappa shape index (κ1) is 21.3. The van der Waals surface area contributed by atoms with Crippen LogP contribution in [0.5, 0.6) is 5.75 Å². The van der Waals surface area contributed by atoms with Crippen molar-refractivity contribution in [2.45, 2.75) is 25.8 Å². The van der Waals surface area contributed by atoms with Crippen molar-refractivity contribution < 1.29 is 24.2 Å². The molecule has 162 valence electrons. The minimum Gasteiger partial charge on any atom is -0.482 e. The third-order valence-electron chi connectivity index (χ3n) is 5.33. The van der Waals surface area contributed by atoms with E-state index in [4.69, 9.17) is 9.84 Å². The maximum atomic E-state index is 12.9. The molecule has 6 nitrogen and oxygen atoms in total. The fourth-order valence-corrected chi connectivity index (χ4v) is 3.41. The molecule has 2 N–H and O–H groups in total. The molecular weight excluding hydrogens is 406 g/mol. The highest BCUT2D eigenvalue weighted by atomic mass is 16.5. The molecular formula is C26H23NO5. The van der Waals surface area contributed by atoms with Crippen molar-refractivity contribution >= 4 is 17.7 Å². The zero-order chi connectivity index (χ0) is 22.7. The minimum absolute atomic E-state index is 0.0643. The van der Waals surface area contributed by atoms with Crippen LogP contribution >= 0.6 is 0 Å². The summed E-state index contributed by atoms with van der Waals surface area (Å²) in [5.41, 5.74) is 4.43. The van der Waals surface area contributed by atoms with Gasteiger partial charge in [0, 0.05) is 22.7 Å². The maximum Gasteiger partial charge on any atom is 0.341 e. The number of carbonyl (C=O) groups excluding carboxylic acids is 2. The van der Waals surface area contributed by atoms with Gasteiger partial charge in [0.05, 0.1) is 0 Å². The summed E-state index contributed by atoms with van der Waals surface area (Å²) in [5.74, 6) is -1.01. The Morgan fingerprint density at radius 1 is 0.938 bits per heavy atom. The predicted octanol–water partition coefficient (Wildman–Crippen LogP) is 4.25. The molecule has 1 aliphatic rings. The summed E-state index contributed by atoms with van der Waals surface area (Å²) in [6, 6.07) is 19.6. The first-order valence-electron chi connectivity index (χ1n) is 10.4. The molecule has 0 spiro atoms. The number of aliphatic carboxylic acids is 1. The fraction of sp³-hybridized carbons (Fsp3) is 0.192. The number of carboxylic acids is 1. The van der Waals surface area contributed by atoms with E-state index in [-0.39, 0.29) is 11.7 Å². The maximum absolute atomic E-state index is 12.9. The number of benzene rings is 3. The molecule has 0 saturated heterocycles. The Morgan fingerprint density at radius 2 is 1.66 bits per heavy atom. The van der Waals surface area contributed by atoms with Crippen molar-refractivity contribution in [2.24, 2.45) is 0 Å². The summed E-state index contributed by atoms with van der Waals surface area (Å²) < 4.78 is 5.16. The van der Waals surface area contributed by atoms with Crippen LogP contribution in [0.1, 0.15) is 44.7 Å². The van der Waals surface area contributed by atoms with Crippen LogP contribution in [0.25, 0.3) is 11.1 Å². The number of amides is 1. The van der Waals surface area contributed by atoms with Crippen LogP contribution in [-0.2, 0) is 4.79 Å². The Hall–Kier alpha value is -3.93. The normalized spacial score (nSPS) is 12.8. The average Bonchev–Trinajstić information content (AvgIpc) is 3.62. The molecule has 1 fully saturated rings. The Morgan fingerprint density at radius 3 is 2.34 bits per heavy atom. The number of hydrogen-bond acceptors (Lipinski definition) is 4. The van der Waals surface area contributed by atoms with Gasteiger partial charge in [-0.1, -0.05) is 42.5 Å². The molecule has 0 radical (unpaired) electrons. The molecule has 3 aromatic rings. The zero-order valence-electron chi connectivity index (χ0n) is 17.6. The first-order chi connectivity index (χ1) is 15.4. The molecule has 0 unspecified atom stereocenters. The standard InChI is InChI=1S/C26H23NO5/c1-16-5-6-20(26(31)27-21-11-12-21)14-23(16)17-7-9-18(10-8-17)25(30)19-3-2-4-22(13-19)32-15-24(28)29/h2-10,13-14,21H,11-12,15H2,1H3,(H,27,31)(H,28,29). The second-order valence-corrected chi connectivity index (χ2v) is 7.89. The molecule has 6 heteroatoms. The Bertz CT molecular complexity index is 1180. The molecule has 3 aromatic carbocycles. The third-order valence-corrected chi connectivity index (χ3v) is 5.33. The molecule has 1 aliphatic carbocycles. The van der Waals surface area contributed by atoms with E-state index in [2.05, 4.69) is 5.32 Å². The lowest BCUT2D eigenvalue weighted by atomic mass is 9.95. The lowest BCUT2D eigenvalue weighted by Crippen LogP contribution is -2.25. The average molecular weight is 429 g/mol. The fourth-order valence-electron chi connectivity index (χ4n) is 3.41. The summed E-state index contributed by atoms with van der Waals surface area (Å²) in [6.07, 6.45) is 2.07. The molecule has 32 heavy (non-hydrogen) atoms. The van der Waals surface area contributed by atoms with Crippen molar-refractivity contribution in [1.82, 2.24) is 5.32 Å². The quantitative estimate of drug-likeness (QED) is 0.522. The van der Waals surface area contributed by atoms with Gasteiger partial charge in [0.1, 0.15) is 5.75 Å².